The van der Waals surface area contributed by atoms with E-state index in [9.17, 15) is 0 Å². The van der Waals surface area contributed by atoms with Crippen LogP contribution in [-0.4, -0.2) is 11.7 Å². The van der Waals surface area contributed by atoms with Crippen LogP contribution in [0.4, 0.5) is 0 Å². The van der Waals surface area contributed by atoms with Crippen molar-refractivity contribution in [2.75, 3.05) is 6.61 Å². The number of hydrogen-bond acceptors (Lipinski definition) is 1. The summed E-state index contributed by atoms with van der Waals surface area (Å²) in [6.07, 6.45) is 3.93. The largest absolute Gasteiger partial charge is 0.395 e. The van der Waals surface area contributed by atoms with Gasteiger partial charge >= 0.3 is 0 Å². The first kappa shape index (κ1) is 7.84. The standard InChI is InChI=1S/C10H9ClO/c11-9-4-2-1-3-8(9)10(7-12)5-6-10/h1-6,12H,7H2. The van der Waals surface area contributed by atoms with Crippen molar-refractivity contribution in [2.45, 2.75) is 5.41 Å². The van der Waals surface area contributed by atoms with Crippen molar-refractivity contribution < 1.29 is 5.11 Å². The van der Waals surface area contributed by atoms with Crippen LogP contribution in [0.1, 0.15) is 5.56 Å². The first-order valence-corrected chi connectivity index (χ1v) is 4.22. The zero-order valence-corrected chi connectivity index (χ0v) is 7.25. The maximum atomic E-state index is 9.11. The van der Waals surface area contributed by atoms with Crippen LogP contribution in [0, 0.1) is 0 Å². The maximum absolute atomic E-state index is 9.11. The van der Waals surface area contributed by atoms with E-state index in [-0.39, 0.29) is 12.0 Å². The molecular weight excluding hydrogens is 172 g/mol. The Morgan fingerprint density at radius 3 is 2.42 bits per heavy atom. The summed E-state index contributed by atoms with van der Waals surface area (Å²) >= 11 is 5.98. The highest BCUT2D eigenvalue weighted by atomic mass is 35.5. The van der Waals surface area contributed by atoms with Gasteiger partial charge in [-0.05, 0) is 11.6 Å². The second kappa shape index (κ2) is 2.61. The lowest BCUT2D eigenvalue weighted by Crippen LogP contribution is -2.14. The molecule has 1 aromatic rings. The molecule has 0 aliphatic heterocycles. The van der Waals surface area contributed by atoms with E-state index in [0.717, 1.165) is 10.6 Å². The molecule has 2 heteroatoms. The fourth-order valence-electron chi connectivity index (χ4n) is 1.31. The first-order valence-electron chi connectivity index (χ1n) is 3.85. The van der Waals surface area contributed by atoms with Gasteiger partial charge in [0.2, 0.25) is 0 Å². The van der Waals surface area contributed by atoms with Crippen LogP contribution in [-0.2, 0) is 5.41 Å². The molecule has 0 saturated heterocycles. The molecule has 0 atom stereocenters. The van der Waals surface area contributed by atoms with Crippen LogP contribution >= 0.6 is 11.6 Å². The molecule has 12 heavy (non-hydrogen) atoms. The molecule has 0 radical (unpaired) electrons. The molecule has 1 aliphatic carbocycles. The molecule has 1 aromatic carbocycles. The third-order valence-corrected chi connectivity index (χ3v) is 2.54. The van der Waals surface area contributed by atoms with E-state index in [0.29, 0.717) is 0 Å². The summed E-state index contributed by atoms with van der Waals surface area (Å²) in [5, 5.41) is 9.83. The van der Waals surface area contributed by atoms with Gasteiger partial charge in [0.1, 0.15) is 0 Å². The maximum Gasteiger partial charge on any atom is 0.0598 e. The molecule has 0 heterocycles. The number of aliphatic hydroxyl groups excluding tert-OH is 1. The van der Waals surface area contributed by atoms with Crippen molar-refractivity contribution in [3.8, 4) is 0 Å². The van der Waals surface area contributed by atoms with Crippen LogP contribution in [0.25, 0.3) is 0 Å². The Morgan fingerprint density at radius 2 is 1.92 bits per heavy atom. The van der Waals surface area contributed by atoms with Crippen LogP contribution in [0.5, 0.6) is 0 Å². The fraction of sp³-hybridized carbons (Fsp3) is 0.200. The van der Waals surface area contributed by atoms with Gasteiger partial charge in [-0.1, -0.05) is 42.0 Å². The zero-order chi connectivity index (χ0) is 8.60. The summed E-state index contributed by atoms with van der Waals surface area (Å²) in [5.74, 6) is 0. The number of halogens is 1. The highest BCUT2D eigenvalue weighted by Gasteiger charge is 2.36. The predicted octanol–water partition coefficient (Wildman–Crippen LogP) is 2.14. The summed E-state index contributed by atoms with van der Waals surface area (Å²) in [5.41, 5.74) is 0.743. The molecular formula is C10H9ClO. The highest BCUT2D eigenvalue weighted by molar-refractivity contribution is 6.31. The van der Waals surface area contributed by atoms with Gasteiger partial charge in [-0.3, -0.25) is 0 Å². The lowest BCUT2D eigenvalue weighted by molar-refractivity contribution is 0.267. The average Bonchev–Trinajstić information content (AvgIpc) is 2.86. The fourth-order valence-corrected chi connectivity index (χ4v) is 1.62. The van der Waals surface area contributed by atoms with Crippen LogP contribution in [0.2, 0.25) is 5.02 Å². The monoisotopic (exact) mass is 180 g/mol. The number of rotatable bonds is 2. The molecule has 0 spiro atoms. The van der Waals surface area contributed by atoms with Crippen molar-refractivity contribution in [1.82, 2.24) is 0 Å². The van der Waals surface area contributed by atoms with E-state index in [1.807, 2.05) is 36.4 Å². The van der Waals surface area contributed by atoms with E-state index in [4.69, 9.17) is 16.7 Å². The van der Waals surface area contributed by atoms with E-state index < -0.39 is 0 Å². The third kappa shape index (κ3) is 1.06. The molecule has 2 rings (SSSR count). The predicted molar refractivity (Wildman–Crippen MR) is 49.4 cm³/mol. The SMILES string of the molecule is OCC1(c2ccccc2Cl)C=C1. The Morgan fingerprint density at radius 1 is 1.25 bits per heavy atom. The normalized spacial score (nSPS) is 17.8. The highest BCUT2D eigenvalue weighted by Crippen LogP contribution is 2.41. The molecule has 1 N–H and O–H groups in total. The van der Waals surface area contributed by atoms with E-state index in [1.54, 1.807) is 0 Å². The molecule has 1 aliphatic rings. The minimum atomic E-state index is -0.252. The summed E-state index contributed by atoms with van der Waals surface area (Å²) < 4.78 is 0. The van der Waals surface area contributed by atoms with Gasteiger partial charge in [0.25, 0.3) is 0 Å². The second-order valence-corrected chi connectivity index (χ2v) is 3.42. The Kier molecular flexibility index (Phi) is 1.71. The van der Waals surface area contributed by atoms with Gasteiger partial charge in [-0.2, -0.15) is 0 Å². The van der Waals surface area contributed by atoms with Gasteiger partial charge in [0.15, 0.2) is 0 Å². The van der Waals surface area contributed by atoms with Gasteiger partial charge in [-0.15, -0.1) is 0 Å². The lowest BCUT2D eigenvalue weighted by Gasteiger charge is -2.13. The van der Waals surface area contributed by atoms with E-state index in [2.05, 4.69) is 0 Å². The Balaban J connectivity index is 2.40. The van der Waals surface area contributed by atoms with Crippen molar-refractivity contribution >= 4 is 11.6 Å². The minimum Gasteiger partial charge on any atom is -0.395 e. The summed E-state index contributed by atoms with van der Waals surface area (Å²) in [4.78, 5) is 0. The summed E-state index contributed by atoms with van der Waals surface area (Å²) in [6, 6.07) is 7.60. The van der Waals surface area contributed by atoms with Crippen LogP contribution in [0.3, 0.4) is 0 Å². The van der Waals surface area contributed by atoms with E-state index >= 15 is 0 Å². The average molecular weight is 181 g/mol. The smallest absolute Gasteiger partial charge is 0.0598 e. The summed E-state index contributed by atoms with van der Waals surface area (Å²) in [6.45, 7) is 0.108. The lowest BCUT2D eigenvalue weighted by atomic mass is 9.95. The van der Waals surface area contributed by atoms with Crippen LogP contribution < -0.4 is 0 Å². The molecule has 0 saturated carbocycles. The molecule has 1 nitrogen and oxygen atoms in total. The van der Waals surface area contributed by atoms with Gasteiger partial charge in [0.05, 0.1) is 12.0 Å². The van der Waals surface area contributed by atoms with Crippen LogP contribution in [0.15, 0.2) is 36.4 Å². The number of hydrogen-bond donors (Lipinski definition) is 1. The first-order chi connectivity index (χ1) is 5.78. The van der Waals surface area contributed by atoms with Crippen molar-refractivity contribution in [2.24, 2.45) is 0 Å². The second-order valence-electron chi connectivity index (χ2n) is 3.01. The number of aliphatic hydroxyl groups is 1. The topological polar surface area (TPSA) is 20.2 Å². The minimum absolute atomic E-state index is 0.108. The Labute approximate surface area is 76.3 Å². The molecule has 0 unspecified atom stereocenters. The van der Waals surface area contributed by atoms with E-state index in [1.165, 1.54) is 0 Å². The van der Waals surface area contributed by atoms with Gasteiger partial charge < -0.3 is 5.11 Å². The summed E-state index contributed by atoms with van der Waals surface area (Å²) in [7, 11) is 0. The van der Waals surface area contributed by atoms with Crippen molar-refractivity contribution in [3.63, 3.8) is 0 Å². The van der Waals surface area contributed by atoms with Gasteiger partial charge in [0, 0.05) is 5.02 Å². The molecule has 62 valence electrons. The molecule has 0 aromatic heterocycles. The van der Waals surface area contributed by atoms with Crippen molar-refractivity contribution in [3.05, 3.63) is 47.0 Å². The van der Waals surface area contributed by atoms with Crippen molar-refractivity contribution in [1.29, 1.82) is 0 Å². The number of benzene rings is 1. The Hall–Kier alpha value is -0.790. The molecule has 0 amide bonds. The Bertz CT molecular complexity index is 324. The molecule has 0 fully saturated rings. The molecule has 0 bridgehead atoms. The zero-order valence-electron chi connectivity index (χ0n) is 6.50. The third-order valence-electron chi connectivity index (χ3n) is 2.21. The quantitative estimate of drug-likeness (QED) is 0.692. The van der Waals surface area contributed by atoms with Gasteiger partial charge in [-0.25, -0.2) is 0 Å².